The first-order chi connectivity index (χ1) is 19.2. The average Bonchev–Trinajstić information content (AvgIpc) is 3.56. The standard InChI is InChI=1S/C32H43N3O4S/c1-40(38,39)28-13-11-26(12-14-28)24-35-22-18-32(31(35)37)16-20-34(21-17-32)19-15-29(27-9-3-2-4-10-27)33-30(36)23-25-7-5-6-8-25/h2-4,9-14,25,29H,5-8,15-24H2,1H3,(H,33,36). The summed E-state index contributed by atoms with van der Waals surface area (Å²) in [6.07, 6.45) is 10.1. The van der Waals surface area contributed by atoms with Crippen molar-refractivity contribution in [3.8, 4) is 0 Å². The summed E-state index contributed by atoms with van der Waals surface area (Å²) in [5.41, 5.74) is 1.83. The molecule has 1 N–H and O–H groups in total. The SMILES string of the molecule is CS(=O)(=O)c1ccc(CN2CCC3(CCN(CCC(NC(=O)CC4CCCC4)c4ccccc4)CC3)C2=O)cc1. The second-order valence-corrected chi connectivity index (χ2v) is 14.2. The van der Waals surface area contributed by atoms with E-state index >= 15 is 0 Å². The van der Waals surface area contributed by atoms with Gasteiger partial charge in [-0.3, -0.25) is 9.59 Å². The molecule has 1 aliphatic carbocycles. The molecule has 0 aromatic heterocycles. The largest absolute Gasteiger partial charge is 0.349 e. The lowest BCUT2D eigenvalue weighted by molar-refractivity contribution is -0.139. The van der Waals surface area contributed by atoms with Crippen LogP contribution >= 0.6 is 0 Å². The Morgan fingerprint density at radius 3 is 2.27 bits per heavy atom. The summed E-state index contributed by atoms with van der Waals surface area (Å²) in [4.78, 5) is 31.1. The number of amides is 2. The van der Waals surface area contributed by atoms with E-state index in [4.69, 9.17) is 0 Å². The minimum atomic E-state index is -3.23. The minimum absolute atomic E-state index is 0.00341. The number of rotatable bonds is 10. The number of hydrogen-bond donors (Lipinski definition) is 1. The molecule has 1 saturated carbocycles. The Kier molecular flexibility index (Phi) is 8.95. The molecule has 216 valence electrons. The van der Waals surface area contributed by atoms with Crippen LogP contribution in [0.1, 0.15) is 75.0 Å². The van der Waals surface area contributed by atoms with Crippen LogP contribution in [0.4, 0.5) is 0 Å². The summed E-state index contributed by atoms with van der Waals surface area (Å²) in [6, 6.07) is 17.2. The van der Waals surface area contributed by atoms with Gasteiger partial charge in [-0.15, -0.1) is 0 Å². The summed E-state index contributed by atoms with van der Waals surface area (Å²) in [5.74, 6) is 0.937. The predicted molar refractivity (Wildman–Crippen MR) is 156 cm³/mol. The molecule has 2 aromatic carbocycles. The molecule has 2 amide bonds. The van der Waals surface area contributed by atoms with Crippen LogP contribution in [-0.2, 0) is 26.0 Å². The molecule has 7 nitrogen and oxygen atoms in total. The summed E-state index contributed by atoms with van der Waals surface area (Å²) in [6.45, 7) is 3.94. The van der Waals surface area contributed by atoms with Crippen LogP contribution < -0.4 is 5.32 Å². The summed E-state index contributed by atoms with van der Waals surface area (Å²) >= 11 is 0. The molecule has 1 spiro atoms. The monoisotopic (exact) mass is 565 g/mol. The van der Waals surface area contributed by atoms with Crippen molar-refractivity contribution in [2.45, 2.75) is 75.3 Å². The number of carbonyl (C=O) groups excluding carboxylic acids is 2. The molecular formula is C32H43N3O4S. The van der Waals surface area contributed by atoms with Crippen molar-refractivity contribution in [2.75, 3.05) is 32.4 Å². The third-order valence-corrected chi connectivity index (χ3v) is 10.5. The average molecular weight is 566 g/mol. The number of piperidine rings is 1. The van der Waals surface area contributed by atoms with Crippen LogP contribution in [0.2, 0.25) is 0 Å². The lowest BCUT2D eigenvalue weighted by Crippen LogP contribution is -2.45. The molecule has 2 aliphatic heterocycles. The first-order valence-corrected chi connectivity index (χ1v) is 16.8. The third kappa shape index (κ3) is 6.95. The molecule has 2 saturated heterocycles. The first kappa shape index (κ1) is 28.8. The molecule has 2 aromatic rings. The number of nitrogens with zero attached hydrogens (tertiary/aromatic N) is 2. The fourth-order valence-electron chi connectivity index (χ4n) is 6.82. The highest BCUT2D eigenvalue weighted by Gasteiger charge is 2.47. The van der Waals surface area contributed by atoms with E-state index in [1.54, 1.807) is 12.1 Å². The Balaban J connectivity index is 1.13. The van der Waals surface area contributed by atoms with Crippen LogP contribution in [-0.4, -0.2) is 62.5 Å². The zero-order valence-electron chi connectivity index (χ0n) is 23.7. The fourth-order valence-corrected chi connectivity index (χ4v) is 7.45. The maximum absolute atomic E-state index is 13.5. The summed E-state index contributed by atoms with van der Waals surface area (Å²) < 4.78 is 23.5. The zero-order valence-corrected chi connectivity index (χ0v) is 24.5. The Morgan fingerprint density at radius 1 is 0.975 bits per heavy atom. The van der Waals surface area contributed by atoms with Gasteiger partial charge in [0.25, 0.3) is 0 Å². The molecule has 5 rings (SSSR count). The quantitative estimate of drug-likeness (QED) is 0.450. The molecule has 2 heterocycles. The molecule has 0 bridgehead atoms. The number of benzene rings is 2. The Labute approximate surface area is 239 Å². The fraction of sp³-hybridized carbons (Fsp3) is 0.562. The van der Waals surface area contributed by atoms with Gasteiger partial charge in [0.05, 0.1) is 16.4 Å². The smallest absolute Gasteiger partial charge is 0.229 e. The molecule has 1 unspecified atom stereocenters. The number of hydrogen-bond acceptors (Lipinski definition) is 5. The summed E-state index contributed by atoms with van der Waals surface area (Å²) in [5, 5.41) is 3.34. The van der Waals surface area contributed by atoms with E-state index in [1.807, 2.05) is 35.2 Å². The molecule has 3 fully saturated rings. The Bertz CT molecular complexity index is 1260. The van der Waals surface area contributed by atoms with E-state index in [1.165, 1.54) is 31.9 Å². The molecule has 8 heteroatoms. The minimum Gasteiger partial charge on any atom is -0.349 e. The van der Waals surface area contributed by atoms with E-state index in [0.717, 1.165) is 63.0 Å². The van der Waals surface area contributed by atoms with Gasteiger partial charge in [-0.25, -0.2) is 8.42 Å². The van der Waals surface area contributed by atoms with Crippen molar-refractivity contribution in [2.24, 2.45) is 11.3 Å². The lowest BCUT2D eigenvalue weighted by atomic mass is 9.77. The van der Waals surface area contributed by atoms with E-state index in [9.17, 15) is 18.0 Å². The molecule has 1 atom stereocenters. The van der Waals surface area contributed by atoms with Crippen LogP contribution in [0, 0.1) is 11.3 Å². The van der Waals surface area contributed by atoms with Crippen molar-refractivity contribution >= 4 is 21.7 Å². The maximum Gasteiger partial charge on any atom is 0.229 e. The van der Waals surface area contributed by atoms with Gasteiger partial charge in [0.15, 0.2) is 9.84 Å². The second kappa shape index (κ2) is 12.4. The molecular weight excluding hydrogens is 522 g/mol. The Morgan fingerprint density at radius 2 is 1.62 bits per heavy atom. The molecule has 0 radical (unpaired) electrons. The lowest BCUT2D eigenvalue weighted by Gasteiger charge is -2.38. The highest BCUT2D eigenvalue weighted by molar-refractivity contribution is 7.90. The van der Waals surface area contributed by atoms with Gasteiger partial charge in [0.1, 0.15) is 0 Å². The van der Waals surface area contributed by atoms with Crippen molar-refractivity contribution in [1.29, 1.82) is 0 Å². The summed E-state index contributed by atoms with van der Waals surface area (Å²) in [7, 11) is -3.23. The van der Waals surface area contributed by atoms with E-state index < -0.39 is 9.84 Å². The van der Waals surface area contributed by atoms with Gasteiger partial charge >= 0.3 is 0 Å². The zero-order chi connectivity index (χ0) is 28.2. The van der Waals surface area contributed by atoms with Gasteiger partial charge in [-0.1, -0.05) is 55.3 Å². The van der Waals surface area contributed by atoms with Gasteiger partial charge in [-0.05, 0) is 80.8 Å². The van der Waals surface area contributed by atoms with Crippen molar-refractivity contribution in [3.63, 3.8) is 0 Å². The van der Waals surface area contributed by atoms with Gasteiger partial charge < -0.3 is 15.1 Å². The first-order valence-electron chi connectivity index (χ1n) is 14.9. The number of likely N-dealkylation sites (tertiary alicyclic amines) is 2. The van der Waals surface area contributed by atoms with E-state index in [0.29, 0.717) is 23.8 Å². The van der Waals surface area contributed by atoms with Crippen molar-refractivity contribution < 1.29 is 18.0 Å². The number of carbonyl (C=O) groups is 2. The van der Waals surface area contributed by atoms with E-state index in [-0.39, 0.29) is 23.3 Å². The third-order valence-electron chi connectivity index (χ3n) is 9.36. The van der Waals surface area contributed by atoms with Crippen molar-refractivity contribution in [1.82, 2.24) is 15.1 Å². The Hall–Kier alpha value is -2.71. The van der Waals surface area contributed by atoms with E-state index in [2.05, 4.69) is 22.3 Å². The van der Waals surface area contributed by atoms with Crippen LogP contribution in [0.5, 0.6) is 0 Å². The van der Waals surface area contributed by atoms with Gasteiger partial charge in [0, 0.05) is 32.3 Å². The highest BCUT2D eigenvalue weighted by atomic mass is 32.2. The van der Waals surface area contributed by atoms with Gasteiger partial charge in [-0.2, -0.15) is 0 Å². The van der Waals surface area contributed by atoms with Crippen molar-refractivity contribution in [3.05, 3.63) is 65.7 Å². The molecule has 3 aliphatic rings. The normalized spacial score (nSPS) is 20.7. The van der Waals surface area contributed by atoms with Crippen LogP contribution in [0.15, 0.2) is 59.5 Å². The topological polar surface area (TPSA) is 86.8 Å². The number of nitrogens with one attached hydrogen (secondary N) is 1. The van der Waals surface area contributed by atoms with Crippen LogP contribution in [0.25, 0.3) is 0 Å². The maximum atomic E-state index is 13.5. The number of sulfone groups is 1. The van der Waals surface area contributed by atoms with Gasteiger partial charge in [0.2, 0.25) is 11.8 Å². The van der Waals surface area contributed by atoms with Crippen LogP contribution in [0.3, 0.4) is 0 Å². The predicted octanol–water partition coefficient (Wildman–Crippen LogP) is 4.73. The highest BCUT2D eigenvalue weighted by Crippen LogP contribution is 2.42. The molecule has 40 heavy (non-hydrogen) atoms. The second-order valence-electron chi connectivity index (χ2n) is 12.2.